The summed E-state index contributed by atoms with van der Waals surface area (Å²) in [7, 11) is 0. The smallest absolute Gasteiger partial charge is 0.341 e. The Labute approximate surface area is 176 Å². The predicted octanol–water partition coefficient (Wildman–Crippen LogP) is 4.56. The molecule has 8 heteroatoms. The second-order valence-electron chi connectivity index (χ2n) is 6.51. The van der Waals surface area contributed by atoms with Crippen LogP contribution in [0.15, 0.2) is 60.9 Å². The zero-order valence-electron chi connectivity index (χ0n) is 16.1. The minimum absolute atomic E-state index is 0.00979. The summed E-state index contributed by atoms with van der Waals surface area (Å²) in [6.07, 6.45) is 2.90. The first-order chi connectivity index (χ1) is 14.5. The van der Waals surface area contributed by atoms with Crippen LogP contribution in [0.3, 0.4) is 0 Å². The summed E-state index contributed by atoms with van der Waals surface area (Å²) in [6, 6.07) is 14.2. The number of esters is 1. The number of nitrogens with zero attached hydrogens (tertiary/aromatic N) is 2. The van der Waals surface area contributed by atoms with Crippen molar-refractivity contribution in [2.45, 2.75) is 13.3 Å². The molecule has 0 aliphatic carbocycles. The maximum absolute atomic E-state index is 13.4. The van der Waals surface area contributed by atoms with Crippen molar-refractivity contribution in [2.75, 3.05) is 11.9 Å². The summed E-state index contributed by atoms with van der Waals surface area (Å²) < 4.78 is 20.0. The lowest BCUT2D eigenvalue weighted by Crippen LogP contribution is -2.16. The molecule has 0 spiro atoms. The van der Waals surface area contributed by atoms with Crippen LogP contribution in [-0.2, 0) is 16.0 Å². The number of fused-ring (bicyclic) bond motifs is 1. The van der Waals surface area contributed by atoms with Gasteiger partial charge in [-0.2, -0.15) is 0 Å². The molecule has 3 aromatic heterocycles. The summed E-state index contributed by atoms with van der Waals surface area (Å²) in [5, 5.41) is 3.22. The molecule has 4 aromatic rings. The Morgan fingerprint density at radius 2 is 1.97 bits per heavy atom. The number of pyridine rings is 1. The average molecular weight is 423 g/mol. The molecule has 30 heavy (non-hydrogen) atoms. The van der Waals surface area contributed by atoms with Gasteiger partial charge >= 0.3 is 5.97 Å². The van der Waals surface area contributed by atoms with Crippen LogP contribution in [0.2, 0.25) is 0 Å². The minimum atomic E-state index is -0.491. The summed E-state index contributed by atoms with van der Waals surface area (Å²) in [5.41, 5.74) is 2.30. The molecule has 0 atom stereocenters. The van der Waals surface area contributed by atoms with Crippen molar-refractivity contribution in [3.8, 4) is 10.4 Å². The quantitative estimate of drug-likeness (QED) is 0.462. The number of halogens is 1. The summed E-state index contributed by atoms with van der Waals surface area (Å²) in [5.74, 6) is -1.21. The third-order valence-electron chi connectivity index (χ3n) is 4.35. The number of thiophene rings is 1. The molecule has 0 bridgehead atoms. The van der Waals surface area contributed by atoms with E-state index in [2.05, 4.69) is 10.3 Å². The second kappa shape index (κ2) is 8.46. The van der Waals surface area contributed by atoms with Crippen LogP contribution in [-0.4, -0.2) is 27.9 Å². The standard InChI is InChI=1S/C22H18FN3O3S/c1-2-29-22(28)17-11-18(14-6-4-3-5-7-14)30-21(17)25-20(27)10-16-13-26-12-15(23)8-9-19(26)24-16/h3-9,11-13H,2,10H2,1H3,(H,25,27). The number of hydrogen-bond acceptors (Lipinski definition) is 5. The summed E-state index contributed by atoms with van der Waals surface area (Å²) in [4.78, 5) is 30.2. The zero-order chi connectivity index (χ0) is 21.1. The van der Waals surface area contributed by atoms with E-state index in [1.54, 1.807) is 25.3 Å². The van der Waals surface area contributed by atoms with Gasteiger partial charge in [-0.25, -0.2) is 14.2 Å². The first-order valence-corrected chi connectivity index (χ1v) is 10.1. The van der Waals surface area contributed by atoms with Crippen molar-refractivity contribution in [1.82, 2.24) is 9.38 Å². The van der Waals surface area contributed by atoms with Crippen LogP contribution >= 0.6 is 11.3 Å². The first-order valence-electron chi connectivity index (χ1n) is 9.33. The Kier molecular flexibility index (Phi) is 5.58. The number of hydrogen-bond donors (Lipinski definition) is 1. The second-order valence-corrected chi connectivity index (χ2v) is 7.56. The van der Waals surface area contributed by atoms with E-state index < -0.39 is 5.97 Å². The molecule has 0 aliphatic rings. The molecule has 152 valence electrons. The van der Waals surface area contributed by atoms with E-state index in [1.165, 1.54) is 28.0 Å². The average Bonchev–Trinajstić information content (AvgIpc) is 3.32. The zero-order valence-corrected chi connectivity index (χ0v) is 16.9. The van der Waals surface area contributed by atoms with Gasteiger partial charge in [-0.05, 0) is 30.7 Å². The summed E-state index contributed by atoms with van der Waals surface area (Å²) in [6.45, 7) is 1.97. The monoisotopic (exact) mass is 423 g/mol. The maximum Gasteiger partial charge on any atom is 0.341 e. The molecule has 0 radical (unpaired) electrons. The number of aromatic nitrogens is 2. The summed E-state index contributed by atoms with van der Waals surface area (Å²) >= 11 is 1.30. The third kappa shape index (κ3) is 4.23. The lowest BCUT2D eigenvalue weighted by Gasteiger charge is -2.05. The van der Waals surface area contributed by atoms with Gasteiger partial charge in [0.25, 0.3) is 0 Å². The van der Waals surface area contributed by atoms with Gasteiger partial charge in [-0.3, -0.25) is 4.79 Å². The van der Waals surface area contributed by atoms with Gasteiger partial charge in [-0.1, -0.05) is 30.3 Å². The maximum atomic E-state index is 13.4. The Morgan fingerprint density at radius 1 is 1.17 bits per heavy atom. The lowest BCUT2D eigenvalue weighted by atomic mass is 10.1. The highest BCUT2D eigenvalue weighted by atomic mass is 32.1. The van der Waals surface area contributed by atoms with E-state index in [0.29, 0.717) is 21.9 Å². The van der Waals surface area contributed by atoms with E-state index in [9.17, 15) is 14.0 Å². The highest BCUT2D eigenvalue weighted by molar-refractivity contribution is 7.20. The van der Waals surface area contributed by atoms with Gasteiger partial charge < -0.3 is 14.5 Å². The number of amides is 1. The predicted molar refractivity (Wildman–Crippen MR) is 113 cm³/mol. The number of benzene rings is 1. The van der Waals surface area contributed by atoms with E-state index in [1.807, 2.05) is 30.3 Å². The van der Waals surface area contributed by atoms with Crippen molar-refractivity contribution < 1.29 is 18.7 Å². The molecule has 0 unspecified atom stereocenters. The van der Waals surface area contributed by atoms with Gasteiger partial charge in [0.15, 0.2) is 0 Å². The molecular formula is C22H18FN3O3S. The van der Waals surface area contributed by atoms with Crippen LogP contribution < -0.4 is 5.32 Å². The van der Waals surface area contributed by atoms with E-state index >= 15 is 0 Å². The van der Waals surface area contributed by atoms with Gasteiger partial charge in [0, 0.05) is 17.3 Å². The fraction of sp³-hybridized carbons (Fsp3) is 0.136. The Hall–Kier alpha value is -3.52. The largest absolute Gasteiger partial charge is 0.462 e. The number of anilines is 1. The van der Waals surface area contributed by atoms with E-state index in [0.717, 1.165) is 10.4 Å². The van der Waals surface area contributed by atoms with Gasteiger partial charge in [-0.15, -0.1) is 11.3 Å². The van der Waals surface area contributed by atoms with Crippen LogP contribution in [0.5, 0.6) is 0 Å². The minimum Gasteiger partial charge on any atom is -0.462 e. The molecule has 1 N–H and O–H groups in total. The lowest BCUT2D eigenvalue weighted by molar-refractivity contribution is -0.115. The molecule has 0 saturated carbocycles. The van der Waals surface area contributed by atoms with Crippen molar-refractivity contribution >= 4 is 33.9 Å². The molecule has 0 saturated heterocycles. The number of carbonyl (C=O) groups is 2. The van der Waals surface area contributed by atoms with Crippen LogP contribution in [0, 0.1) is 5.82 Å². The molecule has 3 heterocycles. The van der Waals surface area contributed by atoms with Crippen molar-refractivity contribution in [2.24, 2.45) is 0 Å². The number of carbonyl (C=O) groups excluding carboxylic acids is 2. The van der Waals surface area contributed by atoms with E-state index in [-0.39, 0.29) is 24.8 Å². The van der Waals surface area contributed by atoms with Crippen molar-refractivity contribution in [3.05, 3.63) is 78.0 Å². The Bertz CT molecular complexity index is 1220. The molecule has 4 rings (SSSR count). The fourth-order valence-electron chi connectivity index (χ4n) is 3.03. The van der Waals surface area contributed by atoms with Gasteiger partial charge in [0.05, 0.1) is 24.3 Å². The Morgan fingerprint density at radius 3 is 2.73 bits per heavy atom. The number of ether oxygens (including phenoxy) is 1. The third-order valence-corrected chi connectivity index (χ3v) is 5.44. The SMILES string of the molecule is CCOC(=O)c1cc(-c2ccccc2)sc1NC(=O)Cc1cn2cc(F)ccc2n1. The number of rotatable bonds is 6. The number of imidazole rings is 1. The van der Waals surface area contributed by atoms with Crippen LogP contribution in [0.4, 0.5) is 9.39 Å². The topological polar surface area (TPSA) is 72.7 Å². The molecule has 1 amide bonds. The first kappa shape index (κ1) is 19.8. The van der Waals surface area contributed by atoms with Crippen LogP contribution in [0.25, 0.3) is 16.1 Å². The fourth-order valence-corrected chi connectivity index (χ4v) is 4.09. The van der Waals surface area contributed by atoms with E-state index in [4.69, 9.17) is 4.74 Å². The van der Waals surface area contributed by atoms with Gasteiger partial charge in [0.1, 0.15) is 16.5 Å². The number of nitrogens with one attached hydrogen (secondary N) is 1. The molecule has 6 nitrogen and oxygen atoms in total. The normalized spacial score (nSPS) is 10.9. The van der Waals surface area contributed by atoms with Crippen molar-refractivity contribution in [3.63, 3.8) is 0 Å². The molecule has 0 fully saturated rings. The Balaban J connectivity index is 1.57. The molecule has 1 aromatic carbocycles. The van der Waals surface area contributed by atoms with Crippen LogP contribution in [0.1, 0.15) is 23.0 Å². The molecular weight excluding hydrogens is 405 g/mol. The van der Waals surface area contributed by atoms with Crippen molar-refractivity contribution in [1.29, 1.82) is 0 Å². The van der Waals surface area contributed by atoms with Gasteiger partial charge in [0.2, 0.25) is 5.91 Å². The molecule has 0 aliphatic heterocycles. The highest BCUT2D eigenvalue weighted by Crippen LogP contribution is 2.36. The highest BCUT2D eigenvalue weighted by Gasteiger charge is 2.20.